The smallest absolute Gasteiger partial charge is 0.238 e. The van der Waals surface area contributed by atoms with Crippen LogP contribution in [0.3, 0.4) is 0 Å². The second-order valence-corrected chi connectivity index (χ2v) is 6.43. The van der Waals surface area contributed by atoms with Crippen molar-refractivity contribution in [3.63, 3.8) is 0 Å². The van der Waals surface area contributed by atoms with Crippen molar-refractivity contribution in [3.8, 4) is 5.75 Å². The molecular weight excluding hydrogens is 319 g/mol. The Morgan fingerprint density at radius 1 is 1.24 bits per heavy atom. The quantitative estimate of drug-likeness (QED) is 0.824. The Bertz CT molecular complexity index is 731. The molecule has 0 aliphatic carbocycles. The first-order valence-corrected chi connectivity index (χ1v) is 8.30. The van der Waals surface area contributed by atoms with Gasteiger partial charge in [-0.2, -0.15) is 0 Å². The third-order valence-electron chi connectivity index (χ3n) is 3.94. The van der Waals surface area contributed by atoms with E-state index in [1.165, 1.54) is 13.2 Å². The maximum atomic E-state index is 13.7. The molecule has 0 unspecified atom stereocenters. The van der Waals surface area contributed by atoms with Crippen LogP contribution < -0.4 is 10.1 Å². The highest BCUT2D eigenvalue weighted by Gasteiger charge is 2.12. The van der Waals surface area contributed by atoms with Gasteiger partial charge in [0.15, 0.2) is 11.6 Å². The molecule has 25 heavy (non-hydrogen) atoms. The van der Waals surface area contributed by atoms with Crippen molar-refractivity contribution in [3.05, 3.63) is 59.4 Å². The van der Waals surface area contributed by atoms with Crippen LogP contribution in [-0.2, 0) is 11.3 Å². The second-order valence-electron chi connectivity index (χ2n) is 6.43. The predicted octanol–water partition coefficient (Wildman–Crippen LogP) is 4.03. The van der Waals surface area contributed by atoms with Gasteiger partial charge in [0.05, 0.1) is 13.7 Å². The number of methoxy groups -OCH3 is 1. The zero-order valence-corrected chi connectivity index (χ0v) is 15.2. The minimum absolute atomic E-state index is 0.0930. The summed E-state index contributed by atoms with van der Waals surface area (Å²) >= 11 is 0. The number of anilines is 1. The van der Waals surface area contributed by atoms with Crippen LogP contribution in [0.4, 0.5) is 10.1 Å². The number of likely N-dealkylation sites (N-methyl/N-ethyl adjacent to an activating group) is 1. The van der Waals surface area contributed by atoms with Crippen LogP contribution in [0.1, 0.15) is 30.9 Å². The van der Waals surface area contributed by atoms with Gasteiger partial charge in [-0.05, 0) is 42.3 Å². The van der Waals surface area contributed by atoms with Gasteiger partial charge in [-0.1, -0.05) is 38.1 Å². The van der Waals surface area contributed by atoms with E-state index in [9.17, 15) is 9.18 Å². The number of nitrogens with zero attached hydrogens (tertiary/aromatic N) is 1. The van der Waals surface area contributed by atoms with Crippen molar-refractivity contribution < 1.29 is 13.9 Å². The number of hydrogen-bond acceptors (Lipinski definition) is 3. The number of ether oxygens (including phenoxy) is 1. The molecular formula is C20H25FN2O2. The van der Waals surface area contributed by atoms with Gasteiger partial charge in [-0.25, -0.2) is 4.39 Å². The van der Waals surface area contributed by atoms with Gasteiger partial charge in [-0.15, -0.1) is 0 Å². The lowest BCUT2D eigenvalue weighted by Crippen LogP contribution is -2.30. The Hall–Kier alpha value is -2.40. The largest absolute Gasteiger partial charge is 0.494 e. The minimum atomic E-state index is -0.399. The summed E-state index contributed by atoms with van der Waals surface area (Å²) < 4.78 is 18.7. The molecule has 0 saturated heterocycles. The lowest BCUT2D eigenvalue weighted by Gasteiger charge is -2.18. The number of para-hydroxylation sites is 1. The highest BCUT2D eigenvalue weighted by Crippen LogP contribution is 2.23. The number of hydrogen-bond donors (Lipinski definition) is 1. The summed E-state index contributed by atoms with van der Waals surface area (Å²) in [6.07, 6.45) is 0. The maximum absolute atomic E-state index is 13.7. The van der Waals surface area contributed by atoms with Gasteiger partial charge in [0.25, 0.3) is 0 Å². The van der Waals surface area contributed by atoms with Crippen molar-refractivity contribution in [2.45, 2.75) is 26.3 Å². The molecule has 0 aromatic heterocycles. The van der Waals surface area contributed by atoms with E-state index in [-0.39, 0.29) is 18.2 Å². The third kappa shape index (κ3) is 5.29. The van der Waals surface area contributed by atoms with E-state index >= 15 is 0 Å². The third-order valence-corrected chi connectivity index (χ3v) is 3.94. The van der Waals surface area contributed by atoms with Crippen molar-refractivity contribution in [2.24, 2.45) is 0 Å². The van der Waals surface area contributed by atoms with Crippen molar-refractivity contribution in [2.75, 3.05) is 26.0 Å². The molecule has 2 rings (SSSR count). The van der Waals surface area contributed by atoms with Gasteiger partial charge < -0.3 is 10.1 Å². The Morgan fingerprint density at radius 2 is 1.96 bits per heavy atom. The van der Waals surface area contributed by atoms with Crippen LogP contribution in [0.2, 0.25) is 0 Å². The number of amides is 1. The number of nitrogens with one attached hydrogen (secondary N) is 1. The highest BCUT2D eigenvalue weighted by molar-refractivity contribution is 5.93. The summed E-state index contributed by atoms with van der Waals surface area (Å²) in [6.45, 7) is 4.88. The number of carbonyl (C=O) groups is 1. The van der Waals surface area contributed by atoms with Crippen molar-refractivity contribution in [1.29, 1.82) is 0 Å². The summed E-state index contributed by atoms with van der Waals surface area (Å²) in [5.41, 5.74) is 2.73. The van der Waals surface area contributed by atoms with E-state index in [1.807, 2.05) is 36.2 Å². The van der Waals surface area contributed by atoms with Gasteiger partial charge in [-0.3, -0.25) is 9.69 Å². The number of benzene rings is 2. The van der Waals surface area contributed by atoms with E-state index in [2.05, 4.69) is 19.2 Å². The van der Waals surface area contributed by atoms with Gasteiger partial charge >= 0.3 is 0 Å². The summed E-state index contributed by atoms with van der Waals surface area (Å²) in [5, 5.41) is 2.96. The van der Waals surface area contributed by atoms with E-state index in [4.69, 9.17) is 4.74 Å². The lowest BCUT2D eigenvalue weighted by atomic mass is 10.0. The summed E-state index contributed by atoms with van der Waals surface area (Å²) in [4.78, 5) is 14.2. The molecule has 4 nitrogen and oxygen atoms in total. The lowest BCUT2D eigenvalue weighted by molar-refractivity contribution is -0.117. The fourth-order valence-electron chi connectivity index (χ4n) is 2.72. The van der Waals surface area contributed by atoms with Crippen molar-refractivity contribution >= 4 is 11.6 Å². The van der Waals surface area contributed by atoms with Crippen molar-refractivity contribution in [1.82, 2.24) is 4.90 Å². The van der Waals surface area contributed by atoms with Crippen LogP contribution in [-0.4, -0.2) is 31.5 Å². The van der Waals surface area contributed by atoms with Gasteiger partial charge in [0.1, 0.15) is 0 Å². The zero-order chi connectivity index (χ0) is 18.4. The van der Waals surface area contributed by atoms with Crippen LogP contribution >= 0.6 is 0 Å². The fourth-order valence-corrected chi connectivity index (χ4v) is 2.72. The molecule has 5 heteroatoms. The number of rotatable bonds is 7. The number of halogens is 1. The molecule has 0 heterocycles. The van der Waals surface area contributed by atoms with Gasteiger partial charge in [0.2, 0.25) is 5.91 Å². The van der Waals surface area contributed by atoms with Crippen LogP contribution in [0.15, 0.2) is 42.5 Å². The van der Waals surface area contributed by atoms with E-state index in [0.717, 1.165) is 16.8 Å². The molecule has 0 saturated carbocycles. The highest BCUT2D eigenvalue weighted by atomic mass is 19.1. The van der Waals surface area contributed by atoms with Crippen LogP contribution in [0, 0.1) is 5.82 Å². The summed E-state index contributed by atoms with van der Waals surface area (Å²) in [5.74, 6) is 0.0549. The predicted molar refractivity (Wildman–Crippen MR) is 98.4 cm³/mol. The standard InChI is InChI=1S/C20H25FN2O2/c1-14(2)16-7-5-6-8-18(16)22-20(24)13-23(3)12-15-9-10-19(25-4)17(21)11-15/h5-11,14H,12-13H2,1-4H3,(H,22,24). The minimum Gasteiger partial charge on any atom is -0.494 e. The molecule has 0 radical (unpaired) electrons. The first kappa shape index (κ1) is 18.9. The van der Waals surface area contributed by atoms with E-state index < -0.39 is 5.82 Å². The second kappa shape index (κ2) is 8.62. The molecule has 134 valence electrons. The SMILES string of the molecule is COc1ccc(CN(C)CC(=O)Nc2ccccc2C(C)C)cc1F. The Labute approximate surface area is 148 Å². The molecule has 0 bridgehead atoms. The molecule has 0 fully saturated rings. The van der Waals surface area contributed by atoms with Crippen LogP contribution in [0.5, 0.6) is 5.75 Å². The normalized spacial score (nSPS) is 11.0. The summed E-state index contributed by atoms with van der Waals surface area (Å²) in [7, 11) is 3.26. The topological polar surface area (TPSA) is 41.6 Å². The van der Waals surface area contributed by atoms with Gasteiger partial charge in [0, 0.05) is 12.2 Å². The van der Waals surface area contributed by atoms with E-state index in [1.54, 1.807) is 12.1 Å². The zero-order valence-electron chi connectivity index (χ0n) is 15.2. The maximum Gasteiger partial charge on any atom is 0.238 e. The Kier molecular flexibility index (Phi) is 6.53. The molecule has 1 amide bonds. The summed E-state index contributed by atoms with van der Waals surface area (Å²) in [6, 6.07) is 12.6. The molecule has 2 aromatic rings. The average molecular weight is 344 g/mol. The van der Waals surface area contributed by atoms with Crippen LogP contribution in [0.25, 0.3) is 0 Å². The fraction of sp³-hybridized carbons (Fsp3) is 0.350. The molecule has 1 N–H and O–H groups in total. The Morgan fingerprint density at radius 3 is 2.60 bits per heavy atom. The molecule has 0 aliphatic heterocycles. The first-order chi connectivity index (χ1) is 11.9. The average Bonchev–Trinajstić information content (AvgIpc) is 2.55. The van der Waals surface area contributed by atoms with E-state index in [0.29, 0.717) is 12.5 Å². The molecule has 2 aromatic carbocycles. The Balaban J connectivity index is 1.95. The molecule has 0 spiro atoms. The monoisotopic (exact) mass is 344 g/mol. The first-order valence-electron chi connectivity index (χ1n) is 8.30. The number of carbonyl (C=O) groups excluding carboxylic acids is 1. The molecule has 0 aliphatic rings. The molecule has 0 atom stereocenters.